The van der Waals surface area contributed by atoms with Gasteiger partial charge >= 0.3 is 12.3 Å². The maximum Gasteiger partial charge on any atom is 0.573 e. The number of alkyl halides is 3. The molecule has 0 aliphatic carbocycles. The lowest BCUT2D eigenvalue weighted by Crippen LogP contribution is -2.28. The van der Waals surface area contributed by atoms with E-state index in [2.05, 4.69) is 15.0 Å². The average Bonchev–Trinajstić information content (AvgIpc) is 2.68. The first-order valence-corrected chi connectivity index (χ1v) is 9.74. The van der Waals surface area contributed by atoms with Crippen LogP contribution >= 0.6 is 0 Å². The molecule has 5 nitrogen and oxygen atoms in total. The van der Waals surface area contributed by atoms with Gasteiger partial charge in [-0.05, 0) is 43.7 Å². The van der Waals surface area contributed by atoms with Crippen LogP contribution < -0.4 is 10.1 Å². The van der Waals surface area contributed by atoms with Crippen LogP contribution in [0.5, 0.6) is 5.75 Å². The average molecular weight is 432 g/mol. The van der Waals surface area contributed by atoms with Crippen molar-refractivity contribution in [2.75, 3.05) is 11.9 Å². The highest BCUT2D eigenvalue weighted by Gasteiger charge is 2.33. The second-order valence-corrected chi connectivity index (χ2v) is 7.50. The lowest BCUT2D eigenvalue weighted by molar-refractivity contribution is -0.274. The molecule has 31 heavy (non-hydrogen) atoms. The summed E-state index contributed by atoms with van der Waals surface area (Å²) >= 11 is 0. The molecule has 8 heteroatoms. The van der Waals surface area contributed by atoms with E-state index in [0.29, 0.717) is 28.9 Å². The minimum absolute atomic E-state index is 0.258. The summed E-state index contributed by atoms with van der Waals surface area (Å²) in [5, 5.41) is 3.23. The maximum absolute atomic E-state index is 12.6. The molecule has 0 spiro atoms. The van der Waals surface area contributed by atoms with Crippen molar-refractivity contribution in [3.05, 3.63) is 71.1 Å². The number of benzene rings is 2. The number of halogens is 3. The van der Waals surface area contributed by atoms with Crippen molar-refractivity contribution < 1.29 is 27.4 Å². The molecule has 1 N–H and O–H groups in total. The molecular weight excluding hydrogens is 409 g/mol. The summed E-state index contributed by atoms with van der Waals surface area (Å²) in [6, 6.07) is 11.3. The zero-order chi connectivity index (χ0) is 22.6. The number of carbonyl (C=O) groups excluding carboxylic acids is 1. The van der Waals surface area contributed by atoms with Gasteiger partial charge < -0.3 is 14.8 Å². The second-order valence-electron chi connectivity index (χ2n) is 7.50. The van der Waals surface area contributed by atoms with Crippen molar-refractivity contribution in [3.63, 3.8) is 0 Å². The van der Waals surface area contributed by atoms with Crippen LogP contribution in [-0.2, 0) is 10.2 Å². The molecule has 0 saturated heterocycles. The molecule has 0 amide bonds. The molecule has 1 atom stereocenters. The van der Waals surface area contributed by atoms with Gasteiger partial charge in [-0.25, -0.2) is 4.79 Å². The van der Waals surface area contributed by atoms with E-state index in [1.54, 1.807) is 37.5 Å². The molecule has 2 aromatic carbocycles. The number of nitrogens with one attached hydrogen (secondary N) is 1. The quantitative estimate of drug-likeness (QED) is 0.590. The van der Waals surface area contributed by atoms with Gasteiger partial charge in [-0.1, -0.05) is 30.7 Å². The normalized spacial score (nSPS) is 18.3. The second kappa shape index (κ2) is 8.83. The molecular formula is C23H23F3N2O3. The van der Waals surface area contributed by atoms with E-state index in [1.165, 1.54) is 18.2 Å². The number of anilines is 1. The number of allylic oxidation sites excluding steroid dienone is 1. The maximum atomic E-state index is 12.6. The fraction of sp³-hybridized carbons (Fsp3) is 0.304. The minimum Gasteiger partial charge on any atom is -0.462 e. The molecule has 1 unspecified atom stereocenters. The van der Waals surface area contributed by atoms with Crippen LogP contribution in [0.4, 0.5) is 18.9 Å². The van der Waals surface area contributed by atoms with Crippen molar-refractivity contribution in [3.8, 4) is 5.75 Å². The van der Waals surface area contributed by atoms with Crippen LogP contribution in [0.25, 0.3) is 0 Å². The van der Waals surface area contributed by atoms with Crippen molar-refractivity contribution in [2.45, 2.75) is 39.0 Å². The number of hydrogen-bond acceptors (Lipinski definition) is 5. The largest absolute Gasteiger partial charge is 0.573 e. The topological polar surface area (TPSA) is 59.9 Å². The molecule has 164 valence electrons. The third kappa shape index (κ3) is 5.65. The lowest BCUT2D eigenvalue weighted by Gasteiger charge is -2.30. The van der Waals surface area contributed by atoms with Crippen LogP contribution in [0.15, 0.2) is 59.4 Å². The van der Waals surface area contributed by atoms with Crippen molar-refractivity contribution in [2.24, 2.45) is 4.99 Å². The zero-order valence-electron chi connectivity index (χ0n) is 17.4. The highest BCUT2D eigenvalue weighted by atomic mass is 19.4. The van der Waals surface area contributed by atoms with Crippen LogP contribution in [0.1, 0.15) is 41.8 Å². The van der Waals surface area contributed by atoms with Gasteiger partial charge in [0.25, 0.3) is 0 Å². The summed E-state index contributed by atoms with van der Waals surface area (Å²) in [4.78, 5) is 16.6. The number of rotatable bonds is 6. The van der Waals surface area contributed by atoms with E-state index < -0.39 is 17.7 Å². The van der Waals surface area contributed by atoms with Crippen molar-refractivity contribution in [1.29, 1.82) is 0 Å². The highest BCUT2D eigenvalue weighted by Crippen LogP contribution is 2.35. The van der Waals surface area contributed by atoms with Crippen molar-refractivity contribution in [1.82, 2.24) is 0 Å². The Morgan fingerprint density at radius 2 is 2.00 bits per heavy atom. The predicted molar refractivity (Wildman–Crippen MR) is 112 cm³/mol. The number of esters is 1. The molecule has 0 fully saturated rings. The SMILES string of the molecule is CCOC(=O)c1cc(C)ccc1NC1=CN=CC(C)(c2cccc(OC(F)(F)F)c2)C1. The molecule has 0 bridgehead atoms. The molecule has 1 heterocycles. The van der Waals surface area contributed by atoms with Crippen LogP contribution in [-0.4, -0.2) is 25.2 Å². The summed E-state index contributed by atoms with van der Waals surface area (Å²) in [7, 11) is 0. The smallest absolute Gasteiger partial charge is 0.462 e. The van der Waals surface area contributed by atoms with E-state index in [-0.39, 0.29) is 12.4 Å². The zero-order valence-corrected chi connectivity index (χ0v) is 17.4. The van der Waals surface area contributed by atoms with Gasteiger partial charge in [0, 0.05) is 29.9 Å². The van der Waals surface area contributed by atoms with Crippen LogP contribution in [0.3, 0.4) is 0 Å². The number of hydrogen-bond donors (Lipinski definition) is 1. The van der Waals surface area contributed by atoms with Crippen LogP contribution in [0.2, 0.25) is 0 Å². The number of aryl methyl sites for hydroxylation is 1. The monoisotopic (exact) mass is 432 g/mol. The number of aliphatic imine (C=N–C) groups is 1. The Hall–Kier alpha value is -3.29. The molecule has 0 radical (unpaired) electrons. The summed E-state index contributed by atoms with van der Waals surface area (Å²) in [6.07, 6.45) is -1.01. The van der Waals surface area contributed by atoms with Gasteiger partial charge in [0.1, 0.15) is 5.75 Å². The van der Waals surface area contributed by atoms with Gasteiger partial charge in [-0.2, -0.15) is 0 Å². The standard InChI is InChI=1S/C23H23F3N2O3/c1-4-30-21(29)19-10-15(2)8-9-20(19)28-17-12-22(3,14-27-13-17)16-6-5-7-18(11-16)31-23(24,25)26/h5-11,13-14,28H,4,12H2,1-3H3. The van der Waals surface area contributed by atoms with Gasteiger partial charge in [0.2, 0.25) is 0 Å². The third-order valence-electron chi connectivity index (χ3n) is 4.84. The Balaban J connectivity index is 1.84. The highest BCUT2D eigenvalue weighted by molar-refractivity contribution is 5.96. The van der Waals surface area contributed by atoms with E-state index >= 15 is 0 Å². The van der Waals surface area contributed by atoms with Gasteiger partial charge in [-0.3, -0.25) is 4.99 Å². The first kappa shape index (κ1) is 22.4. The lowest BCUT2D eigenvalue weighted by atomic mass is 9.78. The van der Waals surface area contributed by atoms with Gasteiger partial charge in [-0.15, -0.1) is 13.2 Å². The van der Waals surface area contributed by atoms with Crippen molar-refractivity contribution >= 4 is 17.9 Å². The first-order chi connectivity index (χ1) is 14.6. The van der Waals surface area contributed by atoms with E-state index in [1.807, 2.05) is 19.9 Å². The summed E-state index contributed by atoms with van der Waals surface area (Å²) < 4.78 is 47.0. The Kier molecular flexibility index (Phi) is 6.38. The van der Waals surface area contributed by atoms with E-state index in [0.717, 1.165) is 5.56 Å². The number of ether oxygens (including phenoxy) is 2. The fourth-order valence-electron chi connectivity index (χ4n) is 3.40. The molecule has 0 aromatic heterocycles. The molecule has 0 saturated carbocycles. The van der Waals surface area contributed by atoms with Gasteiger partial charge in [0.05, 0.1) is 17.9 Å². The minimum atomic E-state index is -4.76. The third-order valence-corrected chi connectivity index (χ3v) is 4.84. The summed E-state index contributed by atoms with van der Waals surface area (Å²) in [5.74, 6) is -0.722. The predicted octanol–water partition coefficient (Wildman–Crippen LogP) is 5.76. The Bertz CT molecular complexity index is 1030. The summed E-state index contributed by atoms with van der Waals surface area (Å²) in [6.45, 7) is 5.75. The van der Waals surface area contributed by atoms with E-state index in [4.69, 9.17) is 4.74 Å². The first-order valence-electron chi connectivity index (χ1n) is 9.74. The van der Waals surface area contributed by atoms with Gasteiger partial charge in [0.15, 0.2) is 0 Å². The molecule has 3 rings (SSSR count). The Morgan fingerprint density at radius 1 is 1.23 bits per heavy atom. The Labute approximate surface area is 178 Å². The summed E-state index contributed by atoms with van der Waals surface area (Å²) in [5.41, 5.74) is 2.55. The fourth-order valence-corrected chi connectivity index (χ4v) is 3.40. The number of nitrogens with zero attached hydrogens (tertiary/aromatic N) is 1. The molecule has 1 aliphatic heterocycles. The van der Waals surface area contributed by atoms with Crippen LogP contribution in [0, 0.1) is 6.92 Å². The molecule has 2 aromatic rings. The Morgan fingerprint density at radius 3 is 2.71 bits per heavy atom. The number of carbonyl (C=O) groups is 1. The van der Waals surface area contributed by atoms with E-state index in [9.17, 15) is 18.0 Å². The molecule has 1 aliphatic rings.